The molecule has 1 fully saturated rings. The van der Waals surface area contributed by atoms with Gasteiger partial charge >= 0.3 is 0 Å². The van der Waals surface area contributed by atoms with E-state index < -0.39 is 0 Å². The zero-order chi connectivity index (χ0) is 8.59. The first-order valence-electron chi connectivity index (χ1n) is 5.04. The molecule has 0 amide bonds. The number of hydrogen-bond acceptors (Lipinski definition) is 0. The van der Waals surface area contributed by atoms with Crippen molar-refractivity contribution in [1.29, 1.82) is 0 Å². The lowest BCUT2D eigenvalue weighted by Crippen LogP contribution is -2.14. The van der Waals surface area contributed by atoms with Crippen molar-refractivity contribution in [3.63, 3.8) is 0 Å². The van der Waals surface area contributed by atoms with Crippen LogP contribution in [-0.2, 0) is 0 Å². The average Bonchev–Trinajstić information content (AvgIpc) is 2.17. The molecule has 0 bridgehead atoms. The second kappa shape index (κ2) is 3.16. The molecule has 1 rings (SSSR count). The molecular weight excluding hydrogens is 132 g/mol. The summed E-state index contributed by atoms with van der Waals surface area (Å²) in [5.74, 6) is 4.72. The van der Waals surface area contributed by atoms with Gasteiger partial charge in [0.25, 0.3) is 0 Å². The first kappa shape index (κ1) is 9.09. The second-order valence-electron chi connectivity index (χ2n) is 4.84. The summed E-state index contributed by atoms with van der Waals surface area (Å²) in [6.45, 7) is 12.0. The maximum atomic E-state index is 2.43. The van der Waals surface area contributed by atoms with Crippen LogP contribution in [0.5, 0.6) is 0 Å². The first-order chi connectivity index (χ1) is 5.04. The summed E-state index contributed by atoms with van der Waals surface area (Å²) in [5.41, 5.74) is 0. The molecule has 66 valence electrons. The van der Waals surface area contributed by atoms with Gasteiger partial charge in [0, 0.05) is 0 Å². The second-order valence-corrected chi connectivity index (χ2v) is 4.84. The van der Waals surface area contributed by atoms with Gasteiger partial charge in [0.05, 0.1) is 0 Å². The Hall–Kier alpha value is 0. The number of hydrogen-bond donors (Lipinski definition) is 0. The van der Waals surface area contributed by atoms with Crippen LogP contribution >= 0.6 is 0 Å². The van der Waals surface area contributed by atoms with Crippen LogP contribution in [0.15, 0.2) is 0 Å². The highest BCUT2D eigenvalue weighted by molar-refractivity contribution is 4.85. The highest BCUT2D eigenvalue weighted by Crippen LogP contribution is 2.44. The van der Waals surface area contributed by atoms with Gasteiger partial charge in [-0.3, -0.25) is 0 Å². The molecule has 1 aliphatic carbocycles. The van der Waals surface area contributed by atoms with Crippen LogP contribution in [0.25, 0.3) is 0 Å². The van der Waals surface area contributed by atoms with E-state index in [1.807, 2.05) is 0 Å². The van der Waals surface area contributed by atoms with Crippen molar-refractivity contribution in [2.75, 3.05) is 0 Å². The minimum atomic E-state index is 0.886. The zero-order valence-electron chi connectivity index (χ0n) is 8.59. The van der Waals surface area contributed by atoms with E-state index in [1.165, 1.54) is 6.42 Å². The Morgan fingerprint density at radius 2 is 1.55 bits per heavy atom. The van der Waals surface area contributed by atoms with Gasteiger partial charge in [0.1, 0.15) is 0 Å². The van der Waals surface area contributed by atoms with E-state index in [-0.39, 0.29) is 0 Å². The van der Waals surface area contributed by atoms with Crippen molar-refractivity contribution in [1.82, 2.24) is 0 Å². The van der Waals surface area contributed by atoms with E-state index in [0.717, 1.165) is 29.6 Å². The van der Waals surface area contributed by atoms with E-state index in [0.29, 0.717) is 0 Å². The van der Waals surface area contributed by atoms with Gasteiger partial charge in [-0.05, 0) is 36.0 Å². The Morgan fingerprint density at radius 1 is 1.00 bits per heavy atom. The Labute approximate surface area is 71.4 Å². The van der Waals surface area contributed by atoms with Gasteiger partial charge in [-0.2, -0.15) is 0 Å². The lowest BCUT2D eigenvalue weighted by molar-refractivity contribution is 0.279. The molecule has 1 aliphatic rings. The van der Waals surface area contributed by atoms with Crippen LogP contribution in [0, 0.1) is 29.6 Å². The first-order valence-corrected chi connectivity index (χ1v) is 5.04. The lowest BCUT2D eigenvalue weighted by atomic mass is 9.84. The van der Waals surface area contributed by atoms with Crippen molar-refractivity contribution in [3.8, 4) is 0 Å². The Morgan fingerprint density at radius 3 is 1.73 bits per heavy atom. The summed E-state index contributed by atoms with van der Waals surface area (Å²) in [6, 6.07) is 0. The van der Waals surface area contributed by atoms with Gasteiger partial charge in [0.15, 0.2) is 0 Å². The molecule has 0 spiro atoms. The Bertz CT molecular complexity index is 126. The summed E-state index contributed by atoms with van der Waals surface area (Å²) >= 11 is 0. The lowest BCUT2D eigenvalue weighted by Gasteiger charge is -2.21. The van der Waals surface area contributed by atoms with Crippen molar-refractivity contribution in [2.24, 2.45) is 29.6 Å². The summed E-state index contributed by atoms with van der Waals surface area (Å²) in [5, 5.41) is 0. The molecule has 0 aliphatic heterocycles. The van der Waals surface area contributed by atoms with E-state index in [2.05, 4.69) is 34.6 Å². The van der Waals surface area contributed by atoms with Crippen LogP contribution in [0.4, 0.5) is 0 Å². The highest BCUT2D eigenvalue weighted by Gasteiger charge is 2.36. The molecule has 0 radical (unpaired) electrons. The van der Waals surface area contributed by atoms with Crippen LogP contribution in [0.3, 0.4) is 0 Å². The quantitative estimate of drug-likeness (QED) is 0.541. The predicted octanol–water partition coefficient (Wildman–Crippen LogP) is 3.57. The van der Waals surface area contributed by atoms with Crippen LogP contribution in [0.1, 0.15) is 41.0 Å². The molecule has 0 aromatic carbocycles. The third-order valence-corrected chi connectivity index (χ3v) is 3.90. The summed E-state index contributed by atoms with van der Waals surface area (Å²) in [6.07, 6.45) is 1.46. The minimum Gasteiger partial charge on any atom is -0.0625 e. The van der Waals surface area contributed by atoms with E-state index in [9.17, 15) is 0 Å². The molecule has 11 heavy (non-hydrogen) atoms. The predicted molar refractivity (Wildman–Crippen MR) is 50.4 cm³/mol. The van der Waals surface area contributed by atoms with Gasteiger partial charge in [-0.25, -0.2) is 0 Å². The minimum absolute atomic E-state index is 0.886. The fraction of sp³-hybridized carbons (Fsp3) is 1.00. The Balaban J connectivity index is 2.59. The molecule has 4 atom stereocenters. The maximum Gasteiger partial charge on any atom is -0.0360 e. The van der Waals surface area contributed by atoms with Crippen molar-refractivity contribution in [2.45, 2.75) is 41.0 Å². The largest absolute Gasteiger partial charge is 0.0625 e. The zero-order valence-corrected chi connectivity index (χ0v) is 8.59. The van der Waals surface area contributed by atoms with E-state index in [4.69, 9.17) is 0 Å². The maximum absolute atomic E-state index is 2.43. The number of rotatable bonds is 1. The van der Waals surface area contributed by atoms with E-state index in [1.54, 1.807) is 0 Å². The average molecular weight is 154 g/mol. The molecule has 0 heteroatoms. The SMILES string of the molecule is CC(C)C1CC(C)C(C)C1C. The molecule has 0 N–H and O–H groups in total. The molecule has 0 aromatic heterocycles. The van der Waals surface area contributed by atoms with E-state index >= 15 is 0 Å². The molecule has 0 heterocycles. The van der Waals surface area contributed by atoms with Crippen LogP contribution in [-0.4, -0.2) is 0 Å². The fourth-order valence-electron chi connectivity index (χ4n) is 2.65. The molecule has 1 saturated carbocycles. The monoisotopic (exact) mass is 154 g/mol. The molecule has 4 unspecified atom stereocenters. The summed E-state index contributed by atoms with van der Waals surface area (Å²) in [4.78, 5) is 0. The fourth-order valence-corrected chi connectivity index (χ4v) is 2.65. The summed E-state index contributed by atoms with van der Waals surface area (Å²) < 4.78 is 0. The van der Waals surface area contributed by atoms with Crippen molar-refractivity contribution in [3.05, 3.63) is 0 Å². The van der Waals surface area contributed by atoms with Gasteiger partial charge in [-0.15, -0.1) is 0 Å². The molecule has 0 aromatic rings. The Kier molecular flexibility index (Phi) is 2.61. The molecular formula is C11H22. The van der Waals surface area contributed by atoms with Crippen LogP contribution in [0.2, 0.25) is 0 Å². The third-order valence-electron chi connectivity index (χ3n) is 3.90. The smallest absolute Gasteiger partial charge is 0.0360 e. The molecule has 0 nitrogen and oxygen atoms in total. The normalized spacial score (nSPS) is 45.3. The molecule has 0 saturated heterocycles. The van der Waals surface area contributed by atoms with Gasteiger partial charge in [0.2, 0.25) is 0 Å². The van der Waals surface area contributed by atoms with Crippen molar-refractivity contribution >= 4 is 0 Å². The topological polar surface area (TPSA) is 0 Å². The van der Waals surface area contributed by atoms with Gasteiger partial charge in [-0.1, -0.05) is 34.6 Å². The van der Waals surface area contributed by atoms with Gasteiger partial charge < -0.3 is 0 Å². The highest BCUT2D eigenvalue weighted by atomic mass is 14.4. The van der Waals surface area contributed by atoms with Crippen LogP contribution < -0.4 is 0 Å². The third kappa shape index (κ3) is 1.60. The standard InChI is InChI=1S/C11H22/c1-7(2)11-6-8(3)9(4)10(11)5/h7-11H,6H2,1-5H3. The van der Waals surface area contributed by atoms with Crippen molar-refractivity contribution < 1.29 is 0 Å². The summed E-state index contributed by atoms with van der Waals surface area (Å²) in [7, 11) is 0.